The second-order valence-corrected chi connectivity index (χ2v) is 6.94. The van der Waals surface area contributed by atoms with E-state index in [0.717, 1.165) is 19.3 Å². The zero-order valence-corrected chi connectivity index (χ0v) is 15.8. The summed E-state index contributed by atoms with van der Waals surface area (Å²) in [6.45, 7) is 2.37. The Balaban J connectivity index is 1.89. The predicted octanol–water partition coefficient (Wildman–Crippen LogP) is 2.99. The van der Waals surface area contributed by atoms with Gasteiger partial charge in [-0.2, -0.15) is 0 Å². The molecule has 1 fully saturated rings. The van der Waals surface area contributed by atoms with Gasteiger partial charge in [-0.25, -0.2) is 14.4 Å². The summed E-state index contributed by atoms with van der Waals surface area (Å²) >= 11 is 0. The van der Waals surface area contributed by atoms with Crippen molar-refractivity contribution in [1.82, 2.24) is 19.8 Å². The summed E-state index contributed by atoms with van der Waals surface area (Å²) in [7, 11) is 3.36. The topological polar surface area (TPSA) is 66.4 Å². The zero-order chi connectivity index (χ0) is 19.6. The number of amides is 2. The van der Waals surface area contributed by atoms with Crippen LogP contribution in [0, 0.1) is 12.7 Å². The molecule has 3 rings (SSSR count). The molecule has 0 N–H and O–H groups in total. The molecule has 7 heteroatoms. The van der Waals surface area contributed by atoms with Crippen molar-refractivity contribution in [3.8, 4) is 0 Å². The van der Waals surface area contributed by atoms with E-state index >= 15 is 0 Å². The van der Waals surface area contributed by atoms with Crippen LogP contribution in [0.5, 0.6) is 0 Å². The fourth-order valence-electron chi connectivity index (χ4n) is 3.30. The molecule has 0 aliphatic carbocycles. The van der Waals surface area contributed by atoms with E-state index in [4.69, 9.17) is 0 Å². The number of halogens is 1. The maximum absolute atomic E-state index is 13.2. The number of rotatable bonds is 3. The van der Waals surface area contributed by atoms with Crippen LogP contribution in [-0.4, -0.2) is 52.2 Å². The van der Waals surface area contributed by atoms with Crippen molar-refractivity contribution in [3.63, 3.8) is 0 Å². The van der Waals surface area contributed by atoms with Crippen molar-refractivity contribution in [2.24, 2.45) is 0 Å². The molecule has 1 aliphatic rings. The third kappa shape index (κ3) is 3.97. The van der Waals surface area contributed by atoms with Crippen LogP contribution in [0.1, 0.15) is 57.5 Å². The number of nitrogens with zero attached hydrogens (tertiary/aromatic N) is 4. The van der Waals surface area contributed by atoms with Crippen LogP contribution in [0.3, 0.4) is 0 Å². The molecule has 2 heterocycles. The highest BCUT2D eigenvalue weighted by Gasteiger charge is 2.31. The van der Waals surface area contributed by atoms with E-state index in [0.29, 0.717) is 29.2 Å². The summed E-state index contributed by atoms with van der Waals surface area (Å²) < 4.78 is 13.2. The van der Waals surface area contributed by atoms with Gasteiger partial charge >= 0.3 is 0 Å². The second kappa shape index (κ2) is 7.82. The van der Waals surface area contributed by atoms with Gasteiger partial charge in [0.1, 0.15) is 5.82 Å². The molecule has 2 aromatic rings. The largest absolute Gasteiger partial charge is 0.345 e. The van der Waals surface area contributed by atoms with Gasteiger partial charge in [0.2, 0.25) is 0 Å². The lowest BCUT2D eigenvalue weighted by molar-refractivity contribution is 0.0598. The smallest absolute Gasteiger partial charge is 0.256 e. The van der Waals surface area contributed by atoms with Crippen molar-refractivity contribution in [3.05, 3.63) is 58.9 Å². The Morgan fingerprint density at radius 1 is 1.19 bits per heavy atom. The monoisotopic (exact) mass is 370 g/mol. The van der Waals surface area contributed by atoms with Gasteiger partial charge in [0.25, 0.3) is 11.8 Å². The van der Waals surface area contributed by atoms with E-state index in [1.54, 1.807) is 25.9 Å². The van der Waals surface area contributed by atoms with E-state index in [2.05, 4.69) is 9.97 Å². The first kappa shape index (κ1) is 18.9. The van der Waals surface area contributed by atoms with Crippen molar-refractivity contribution in [2.75, 3.05) is 20.6 Å². The van der Waals surface area contributed by atoms with Crippen LogP contribution < -0.4 is 0 Å². The van der Waals surface area contributed by atoms with Gasteiger partial charge in [-0.05, 0) is 50.5 Å². The number of piperidine rings is 1. The first-order chi connectivity index (χ1) is 12.9. The lowest BCUT2D eigenvalue weighted by atomic mass is 9.99. The highest BCUT2D eigenvalue weighted by Crippen LogP contribution is 2.30. The van der Waals surface area contributed by atoms with E-state index in [9.17, 15) is 14.0 Å². The standard InChI is InChI=1S/C20H23FN4O2/c1-13-16(20(27)24(2)3)12-22-18(23-13)17-6-4-5-11-25(17)19(26)14-7-9-15(21)10-8-14/h7-10,12,17H,4-6,11H2,1-3H3/t17-/m0/s1. The minimum Gasteiger partial charge on any atom is -0.345 e. The number of aryl methyl sites for hydroxylation is 1. The third-order valence-corrected chi connectivity index (χ3v) is 4.79. The SMILES string of the molecule is Cc1nc([C@@H]2CCCCN2C(=O)c2ccc(F)cc2)ncc1C(=O)N(C)C. The fourth-order valence-corrected chi connectivity index (χ4v) is 3.30. The number of carbonyl (C=O) groups excluding carboxylic acids is 2. The second-order valence-electron chi connectivity index (χ2n) is 6.94. The molecule has 0 bridgehead atoms. The van der Waals surface area contributed by atoms with Crippen LogP contribution >= 0.6 is 0 Å². The van der Waals surface area contributed by atoms with Crippen molar-refractivity contribution in [1.29, 1.82) is 0 Å². The Labute approximate surface area is 158 Å². The van der Waals surface area contributed by atoms with Gasteiger partial charge < -0.3 is 9.80 Å². The average molecular weight is 370 g/mol. The van der Waals surface area contributed by atoms with Gasteiger partial charge in [-0.15, -0.1) is 0 Å². The number of carbonyl (C=O) groups is 2. The molecule has 0 unspecified atom stereocenters. The zero-order valence-electron chi connectivity index (χ0n) is 15.8. The predicted molar refractivity (Wildman–Crippen MR) is 98.8 cm³/mol. The minimum atomic E-state index is -0.373. The highest BCUT2D eigenvalue weighted by atomic mass is 19.1. The van der Waals surface area contributed by atoms with Crippen LogP contribution in [0.4, 0.5) is 4.39 Å². The Morgan fingerprint density at radius 2 is 1.89 bits per heavy atom. The molecule has 0 spiro atoms. The molecule has 6 nitrogen and oxygen atoms in total. The van der Waals surface area contributed by atoms with Crippen LogP contribution in [-0.2, 0) is 0 Å². The summed E-state index contributed by atoms with van der Waals surface area (Å²) in [6, 6.07) is 5.31. The van der Waals surface area contributed by atoms with E-state index in [-0.39, 0.29) is 23.7 Å². The number of benzene rings is 1. The van der Waals surface area contributed by atoms with Crippen molar-refractivity contribution in [2.45, 2.75) is 32.2 Å². The fraction of sp³-hybridized carbons (Fsp3) is 0.400. The van der Waals surface area contributed by atoms with Gasteiger partial charge in [-0.1, -0.05) is 0 Å². The van der Waals surface area contributed by atoms with Crippen LogP contribution in [0.15, 0.2) is 30.5 Å². The Bertz CT molecular complexity index is 852. The van der Waals surface area contributed by atoms with E-state index in [1.165, 1.54) is 35.4 Å². The maximum Gasteiger partial charge on any atom is 0.256 e. The molecule has 1 aromatic heterocycles. The number of hydrogen-bond donors (Lipinski definition) is 0. The van der Waals surface area contributed by atoms with Gasteiger partial charge in [0.05, 0.1) is 17.3 Å². The lowest BCUT2D eigenvalue weighted by Crippen LogP contribution is -2.39. The maximum atomic E-state index is 13.2. The van der Waals surface area contributed by atoms with Crippen LogP contribution in [0.2, 0.25) is 0 Å². The molecule has 1 aliphatic heterocycles. The molecule has 1 atom stereocenters. The molecule has 27 heavy (non-hydrogen) atoms. The van der Waals surface area contributed by atoms with Gasteiger partial charge in [-0.3, -0.25) is 9.59 Å². The Hall–Kier alpha value is -2.83. The van der Waals surface area contributed by atoms with Gasteiger partial charge in [0, 0.05) is 32.4 Å². The van der Waals surface area contributed by atoms with Crippen LogP contribution in [0.25, 0.3) is 0 Å². The van der Waals surface area contributed by atoms with Crippen molar-refractivity contribution < 1.29 is 14.0 Å². The summed E-state index contributed by atoms with van der Waals surface area (Å²) in [4.78, 5) is 37.3. The Morgan fingerprint density at radius 3 is 2.52 bits per heavy atom. The molecule has 142 valence electrons. The lowest BCUT2D eigenvalue weighted by Gasteiger charge is -2.35. The summed E-state index contributed by atoms with van der Waals surface area (Å²) in [5, 5.41) is 0. The number of likely N-dealkylation sites (tertiary alicyclic amines) is 1. The first-order valence-corrected chi connectivity index (χ1v) is 9.00. The average Bonchev–Trinajstić information content (AvgIpc) is 2.67. The minimum absolute atomic E-state index is 0.151. The summed E-state index contributed by atoms with van der Waals surface area (Å²) in [5.74, 6) is -0.142. The molecular formula is C20H23FN4O2. The summed E-state index contributed by atoms with van der Waals surface area (Å²) in [6.07, 6.45) is 4.17. The third-order valence-electron chi connectivity index (χ3n) is 4.79. The highest BCUT2D eigenvalue weighted by molar-refractivity contribution is 5.95. The molecule has 1 saturated heterocycles. The molecule has 1 aromatic carbocycles. The quantitative estimate of drug-likeness (QED) is 0.833. The Kier molecular flexibility index (Phi) is 5.48. The molecule has 0 radical (unpaired) electrons. The normalized spacial score (nSPS) is 16.9. The van der Waals surface area contributed by atoms with E-state index < -0.39 is 0 Å². The molecule has 2 amide bonds. The van der Waals surface area contributed by atoms with Crippen molar-refractivity contribution >= 4 is 11.8 Å². The number of aromatic nitrogens is 2. The van der Waals surface area contributed by atoms with Gasteiger partial charge in [0.15, 0.2) is 5.82 Å². The first-order valence-electron chi connectivity index (χ1n) is 9.00. The summed E-state index contributed by atoms with van der Waals surface area (Å²) in [5.41, 5.74) is 1.49. The molecule has 0 saturated carbocycles. The number of hydrogen-bond acceptors (Lipinski definition) is 4. The van der Waals surface area contributed by atoms with E-state index in [1.807, 2.05) is 0 Å². The molecular weight excluding hydrogens is 347 g/mol.